The summed E-state index contributed by atoms with van der Waals surface area (Å²) in [6.45, 7) is 4.99. The Kier molecular flexibility index (Phi) is 3.86. The minimum atomic E-state index is -0.0190. The molecule has 30 heavy (non-hydrogen) atoms. The highest BCUT2D eigenvalue weighted by Crippen LogP contribution is 2.28. The summed E-state index contributed by atoms with van der Waals surface area (Å²) in [7, 11) is 0. The SMILES string of the molecule is Cc1occc1-c1cc2nc3c(c(=O)n2[nH]1)CN(Cc1ccc2c(c1)CCO2)CC3. The number of hydrogen-bond acceptors (Lipinski definition) is 5. The molecule has 6 rings (SSSR count). The van der Waals surface area contributed by atoms with Crippen molar-refractivity contribution in [2.75, 3.05) is 13.2 Å². The van der Waals surface area contributed by atoms with Gasteiger partial charge in [-0.15, -0.1) is 0 Å². The van der Waals surface area contributed by atoms with E-state index < -0.39 is 0 Å². The molecule has 0 unspecified atom stereocenters. The van der Waals surface area contributed by atoms with Crippen LogP contribution in [0.25, 0.3) is 16.9 Å². The third-order valence-corrected chi connectivity index (χ3v) is 6.15. The molecule has 1 aromatic carbocycles. The van der Waals surface area contributed by atoms with Gasteiger partial charge in [0.25, 0.3) is 5.56 Å². The lowest BCUT2D eigenvalue weighted by molar-refractivity contribution is 0.241. The molecule has 0 saturated heterocycles. The lowest BCUT2D eigenvalue weighted by Gasteiger charge is -2.27. The molecule has 0 amide bonds. The molecule has 152 valence electrons. The molecule has 0 spiro atoms. The van der Waals surface area contributed by atoms with Gasteiger partial charge < -0.3 is 9.15 Å². The third kappa shape index (κ3) is 2.77. The average Bonchev–Trinajstić information content (AvgIpc) is 3.47. The highest BCUT2D eigenvalue weighted by atomic mass is 16.5. The summed E-state index contributed by atoms with van der Waals surface area (Å²) in [5.74, 6) is 1.81. The fraction of sp³-hybridized carbons (Fsp3) is 0.304. The van der Waals surface area contributed by atoms with Crippen molar-refractivity contribution in [2.45, 2.75) is 32.9 Å². The van der Waals surface area contributed by atoms with Gasteiger partial charge in [-0.05, 0) is 30.2 Å². The van der Waals surface area contributed by atoms with Gasteiger partial charge in [0.15, 0.2) is 5.65 Å². The van der Waals surface area contributed by atoms with Crippen molar-refractivity contribution in [1.29, 1.82) is 0 Å². The summed E-state index contributed by atoms with van der Waals surface area (Å²) >= 11 is 0. The number of aromatic nitrogens is 3. The predicted molar refractivity (Wildman–Crippen MR) is 112 cm³/mol. The van der Waals surface area contributed by atoms with Crippen molar-refractivity contribution in [2.24, 2.45) is 0 Å². The second-order valence-electron chi connectivity index (χ2n) is 8.10. The van der Waals surface area contributed by atoms with Crippen molar-refractivity contribution in [3.05, 3.63) is 75.1 Å². The second kappa shape index (κ2) is 6.60. The molecule has 0 saturated carbocycles. The van der Waals surface area contributed by atoms with Crippen LogP contribution >= 0.6 is 0 Å². The molecule has 5 heterocycles. The minimum absolute atomic E-state index is 0.0190. The minimum Gasteiger partial charge on any atom is -0.493 e. The average molecular weight is 402 g/mol. The van der Waals surface area contributed by atoms with Crippen molar-refractivity contribution in [3.8, 4) is 17.0 Å². The highest BCUT2D eigenvalue weighted by molar-refractivity contribution is 5.65. The molecular formula is C23H22N4O3. The number of furan rings is 1. The van der Waals surface area contributed by atoms with E-state index in [1.54, 1.807) is 10.8 Å². The van der Waals surface area contributed by atoms with E-state index in [0.29, 0.717) is 12.2 Å². The van der Waals surface area contributed by atoms with Crippen LogP contribution in [0, 0.1) is 6.92 Å². The van der Waals surface area contributed by atoms with Crippen molar-refractivity contribution < 1.29 is 9.15 Å². The van der Waals surface area contributed by atoms with Crippen LogP contribution in [0.3, 0.4) is 0 Å². The molecule has 0 radical (unpaired) electrons. The summed E-state index contributed by atoms with van der Waals surface area (Å²) in [6.07, 6.45) is 3.40. The van der Waals surface area contributed by atoms with Gasteiger partial charge in [-0.2, -0.15) is 0 Å². The van der Waals surface area contributed by atoms with Gasteiger partial charge >= 0.3 is 0 Å². The quantitative estimate of drug-likeness (QED) is 0.570. The zero-order valence-electron chi connectivity index (χ0n) is 16.8. The largest absolute Gasteiger partial charge is 0.493 e. The van der Waals surface area contributed by atoms with Crippen LogP contribution in [0.1, 0.15) is 28.1 Å². The topological polar surface area (TPSA) is 75.8 Å². The fourth-order valence-corrected chi connectivity index (χ4v) is 4.57. The molecular weight excluding hydrogens is 380 g/mol. The number of aryl methyl sites for hydroxylation is 1. The van der Waals surface area contributed by atoms with Crippen molar-refractivity contribution >= 4 is 5.65 Å². The van der Waals surface area contributed by atoms with Crippen LogP contribution in [0.4, 0.5) is 0 Å². The predicted octanol–water partition coefficient (Wildman–Crippen LogP) is 3.08. The number of benzene rings is 1. The number of fused-ring (bicyclic) bond motifs is 3. The third-order valence-electron chi connectivity index (χ3n) is 6.15. The van der Waals surface area contributed by atoms with Crippen LogP contribution < -0.4 is 10.3 Å². The van der Waals surface area contributed by atoms with Gasteiger partial charge in [-0.25, -0.2) is 9.50 Å². The highest BCUT2D eigenvalue weighted by Gasteiger charge is 2.23. The van der Waals surface area contributed by atoms with Crippen LogP contribution in [0.2, 0.25) is 0 Å². The standard InChI is InChI=1S/C23H22N4O3/c1-14-17(6-9-29-14)20-11-22-24-19-4-7-26(13-18(19)23(28)27(22)25-20)12-15-2-3-21-16(10-15)5-8-30-21/h2-3,6,9-11,25H,4-5,7-8,12-13H2,1H3. The first-order valence-corrected chi connectivity index (χ1v) is 10.3. The number of rotatable bonds is 3. The molecule has 0 aliphatic carbocycles. The van der Waals surface area contributed by atoms with E-state index >= 15 is 0 Å². The van der Waals surface area contributed by atoms with E-state index in [9.17, 15) is 4.79 Å². The lowest BCUT2D eigenvalue weighted by Crippen LogP contribution is -2.36. The first-order valence-electron chi connectivity index (χ1n) is 10.3. The van der Waals surface area contributed by atoms with Crippen LogP contribution in [0.15, 0.2) is 45.8 Å². The van der Waals surface area contributed by atoms with Gasteiger partial charge in [-0.1, -0.05) is 12.1 Å². The normalized spacial score (nSPS) is 15.9. The van der Waals surface area contributed by atoms with E-state index in [-0.39, 0.29) is 5.56 Å². The number of ether oxygens (including phenoxy) is 1. The van der Waals surface area contributed by atoms with E-state index in [1.807, 2.05) is 19.1 Å². The Morgan fingerprint density at radius 1 is 1.20 bits per heavy atom. The van der Waals surface area contributed by atoms with Crippen molar-refractivity contribution in [3.63, 3.8) is 0 Å². The monoisotopic (exact) mass is 402 g/mol. The molecule has 0 bridgehead atoms. The molecule has 7 nitrogen and oxygen atoms in total. The molecule has 2 aliphatic rings. The number of aromatic amines is 1. The van der Waals surface area contributed by atoms with E-state index in [1.165, 1.54) is 11.1 Å². The maximum Gasteiger partial charge on any atom is 0.277 e. The van der Waals surface area contributed by atoms with Gasteiger partial charge in [-0.3, -0.25) is 14.8 Å². The van der Waals surface area contributed by atoms with Crippen molar-refractivity contribution in [1.82, 2.24) is 19.5 Å². The van der Waals surface area contributed by atoms with E-state index in [2.05, 4.69) is 28.2 Å². The van der Waals surface area contributed by atoms with E-state index in [0.717, 1.165) is 66.6 Å². The Hall–Kier alpha value is -3.32. The Morgan fingerprint density at radius 3 is 3.00 bits per heavy atom. The Labute approximate surface area is 172 Å². The Balaban J connectivity index is 1.31. The molecule has 4 aromatic rings. The molecule has 2 aliphatic heterocycles. The summed E-state index contributed by atoms with van der Waals surface area (Å²) in [5.41, 5.74) is 6.64. The summed E-state index contributed by atoms with van der Waals surface area (Å²) < 4.78 is 12.6. The van der Waals surface area contributed by atoms with Gasteiger partial charge in [0.2, 0.25) is 0 Å². The molecule has 7 heteroatoms. The van der Waals surface area contributed by atoms with Gasteiger partial charge in [0, 0.05) is 44.1 Å². The molecule has 3 aromatic heterocycles. The first kappa shape index (κ1) is 17.5. The number of hydrogen-bond donors (Lipinski definition) is 1. The van der Waals surface area contributed by atoms with Crippen LogP contribution in [-0.2, 0) is 25.9 Å². The molecule has 0 fully saturated rings. The summed E-state index contributed by atoms with van der Waals surface area (Å²) in [5, 5.41) is 3.20. The smallest absolute Gasteiger partial charge is 0.277 e. The van der Waals surface area contributed by atoms with E-state index in [4.69, 9.17) is 14.1 Å². The van der Waals surface area contributed by atoms with Crippen LogP contribution in [0.5, 0.6) is 5.75 Å². The summed E-state index contributed by atoms with van der Waals surface area (Å²) in [4.78, 5) is 20.3. The number of nitrogens with zero attached hydrogens (tertiary/aromatic N) is 3. The van der Waals surface area contributed by atoms with Gasteiger partial charge in [0.05, 0.1) is 29.8 Å². The molecule has 0 atom stereocenters. The Bertz CT molecular complexity index is 1330. The molecule has 1 N–H and O–H groups in total. The first-order chi connectivity index (χ1) is 14.7. The summed E-state index contributed by atoms with van der Waals surface area (Å²) in [6, 6.07) is 10.2. The number of nitrogens with one attached hydrogen (secondary N) is 1. The maximum absolute atomic E-state index is 13.2. The Morgan fingerprint density at radius 2 is 2.13 bits per heavy atom. The van der Waals surface area contributed by atoms with Crippen LogP contribution in [-0.4, -0.2) is 32.6 Å². The second-order valence-corrected chi connectivity index (χ2v) is 8.10. The zero-order valence-corrected chi connectivity index (χ0v) is 16.8. The lowest BCUT2D eigenvalue weighted by atomic mass is 10.0. The number of H-pyrrole nitrogens is 1. The zero-order chi connectivity index (χ0) is 20.2. The maximum atomic E-state index is 13.2. The fourth-order valence-electron chi connectivity index (χ4n) is 4.57. The van der Waals surface area contributed by atoms with Gasteiger partial charge in [0.1, 0.15) is 11.5 Å².